The van der Waals surface area contributed by atoms with Crippen LogP contribution in [-0.4, -0.2) is 52.4 Å². The third kappa shape index (κ3) is 6.77. The molecular weight excluding hydrogens is 520 g/mol. The van der Waals surface area contributed by atoms with Crippen LogP contribution in [0.1, 0.15) is 84.8 Å². The van der Waals surface area contributed by atoms with E-state index in [4.69, 9.17) is 4.74 Å². The summed E-state index contributed by atoms with van der Waals surface area (Å²) in [5, 5.41) is 9.35. The second-order valence-corrected chi connectivity index (χ2v) is 9.87. The van der Waals surface area contributed by atoms with Gasteiger partial charge in [0, 0.05) is 22.8 Å². The molecule has 2 aromatic heterocycles. The zero-order valence-corrected chi connectivity index (χ0v) is 23.1. The first-order chi connectivity index (χ1) is 17.4. The monoisotopic (exact) mass is 556 g/mol. The normalized spacial score (nSPS) is 11.4. The van der Waals surface area contributed by atoms with Gasteiger partial charge in [0.25, 0.3) is 0 Å². The number of halogens is 1. The van der Waals surface area contributed by atoms with Crippen LogP contribution in [0.5, 0.6) is 5.75 Å². The Labute approximate surface area is 222 Å². The molecule has 3 rings (SSSR count). The number of pyridine rings is 1. The number of carbonyl (C=O) groups excluding carboxylic acids is 1. The molecule has 0 saturated heterocycles. The number of unbranched alkanes of at least 4 members (excludes halogenated alkanes) is 2. The molecule has 0 radical (unpaired) electrons. The van der Waals surface area contributed by atoms with Crippen LogP contribution in [0.25, 0.3) is 5.52 Å². The van der Waals surface area contributed by atoms with E-state index in [0.29, 0.717) is 29.8 Å². The fourth-order valence-corrected chi connectivity index (χ4v) is 5.16. The molecule has 194 valence electrons. The lowest BCUT2D eigenvalue weighted by molar-refractivity contribution is 0.0696. The summed E-state index contributed by atoms with van der Waals surface area (Å²) < 4.78 is 8.48. The van der Waals surface area contributed by atoms with E-state index in [1.807, 2.05) is 19.1 Å². The van der Waals surface area contributed by atoms with Gasteiger partial charge in [0.15, 0.2) is 0 Å². The van der Waals surface area contributed by atoms with Crippen LogP contribution < -0.4 is 4.74 Å². The van der Waals surface area contributed by atoms with E-state index in [9.17, 15) is 14.7 Å². The number of aromatic nitrogens is 1. The van der Waals surface area contributed by atoms with Gasteiger partial charge >= 0.3 is 5.97 Å². The van der Waals surface area contributed by atoms with Crippen molar-refractivity contribution in [2.45, 2.75) is 59.3 Å². The Balaban J connectivity index is 1.67. The molecule has 36 heavy (non-hydrogen) atoms. The van der Waals surface area contributed by atoms with Crippen LogP contribution in [0.4, 0.5) is 0 Å². The fourth-order valence-electron chi connectivity index (χ4n) is 4.39. The zero-order chi connectivity index (χ0) is 26.1. The highest BCUT2D eigenvalue weighted by atomic mass is 79.9. The van der Waals surface area contributed by atoms with E-state index < -0.39 is 5.97 Å². The first-order valence-corrected chi connectivity index (χ1v) is 13.8. The average molecular weight is 558 g/mol. The van der Waals surface area contributed by atoms with Crippen LogP contribution >= 0.6 is 15.9 Å². The average Bonchev–Trinajstić information content (AvgIpc) is 3.18. The zero-order valence-electron chi connectivity index (χ0n) is 21.6. The Morgan fingerprint density at radius 2 is 1.58 bits per heavy atom. The Hall–Kier alpha value is -2.64. The highest BCUT2D eigenvalue weighted by Gasteiger charge is 2.23. The van der Waals surface area contributed by atoms with Crippen molar-refractivity contribution >= 4 is 33.2 Å². The molecule has 0 bridgehead atoms. The number of carboxylic acids is 1. The van der Waals surface area contributed by atoms with Gasteiger partial charge in [0.1, 0.15) is 5.75 Å². The largest absolute Gasteiger partial charge is 0.494 e. The minimum absolute atomic E-state index is 0.107. The molecule has 6 nitrogen and oxygen atoms in total. The number of hydrogen-bond donors (Lipinski definition) is 1. The fraction of sp³-hybridized carbons (Fsp3) is 0.448. The molecule has 3 aromatic rings. The SMILES string of the molecule is CCCCN(CCCC)CCCOc1ccc(C(=O)c2c(CC)c(Br)c3cc(C(=O)O)ccn23)cc1. The molecule has 0 aliphatic heterocycles. The lowest BCUT2D eigenvalue weighted by Crippen LogP contribution is -2.28. The van der Waals surface area contributed by atoms with Gasteiger partial charge in [-0.3, -0.25) is 4.79 Å². The second kappa shape index (κ2) is 13.6. The summed E-state index contributed by atoms with van der Waals surface area (Å²) >= 11 is 3.58. The molecule has 0 aliphatic rings. The second-order valence-electron chi connectivity index (χ2n) is 9.07. The molecule has 7 heteroatoms. The maximum Gasteiger partial charge on any atom is 0.335 e. The smallest absolute Gasteiger partial charge is 0.335 e. The lowest BCUT2D eigenvalue weighted by atomic mass is 10.0. The Kier molecular flexibility index (Phi) is 10.6. The van der Waals surface area contributed by atoms with Gasteiger partial charge in [-0.15, -0.1) is 0 Å². The number of rotatable bonds is 15. The molecule has 0 unspecified atom stereocenters. The summed E-state index contributed by atoms with van der Waals surface area (Å²) in [7, 11) is 0. The van der Waals surface area contributed by atoms with E-state index >= 15 is 0 Å². The van der Waals surface area contributed by atoms with Crippen LogP contribution in [0, 0.1) is 0 Å². The van der Waals surface area contributed by atoms with Gasteiger partial charge in [0.2, 0.25) is 5.78 Å². The van der Waals surface area contributed by atoms with Crippen molar-refractivity contribution in [2.24, 2.45) is 0 Å². The van der Waals surface area contributed by atoms with Gasteiger partial charge in [-0.1, -0.05) is 33.6 Å². The van der Waals surface area contributed by atoms with Gasteiger partial charge in [-0.2, -0.15) is 0 Å². The summed E-state index contributed by atoms with van der Waals surface area (Å²) in [5.74, 6) is -0.352. The minimum atomic E-state index is -0.998. The van der Waals surface area contributed by atoms with Gasteiger partial charge < -0.3 is 19.1 Å². The number of carboxylic acid groups (broad SMARTS) is 1. The van der Waals surface area contributed by atoms with Crippen molar-refractivity contribution in [1.29, 1.82) is 0 Å². The molecule has 0 fully saturated rings. The molecule has 0 spiro atoms. The Bertz CT molecular complexity index is 1160. The first kappa shape index (κ1) is 27.9. The van der Waals surface area contributed by atoms with Crippen LogP contribution in [0.15, 0.2) is 47.1 Å². The van der Waals surface area contributed by atoms with Crippen molar-refractivity contribution < 1.29 is 19.4 Å². The predicted molar refractivity (Wildman–Crippen MR) is 148 cm³/mol. The maximum atomic E-state index is 13.5. The topological polar surface area (TPSA) is 71.2 Å². The molecule has 0 aliphatic carbocycles. The van der Waals surface area contributed by atoms with Gasteiger partial charge in [-0.05, 0) is 96.7 Å². The molecule has 1 N–H and O–H groups in total. The number of carbonyl (C=O) groups is 2. The van der Waals surface area contributed by atoms with E-state index in [0.717, 1.165) is 41.8 Å². The standard InChI is InChI=1S/C29H37BrN2O4/c1-4-7-15-31(16-8-5-2)17-9-19-36-23-12-10-21(11-13-23)28(33)27-24(6-3)26(30)25-20-22(29(34)35)14-18-32(25)27/h10-14,18,20H,4-9,15-17,19H2,1-3H3,(H,34,35). The lowest BCUT2D eigenvalue weighted by Gasteiger charge is -2.21. The van der Waals surface area contributed by atoms with Crippen LogP contribution in [0.3, 0.4) is 0 Å². The third-order valence-electron chi connectivity index (χ3n) is 6.45. The maximum absolute atomic E-state index is 13.5. The number of nitrogens with zero attached hydrogens (tertiary/aromatic N) is 2. The molecule has 0 saturated carbocycles. The van der Waals surface area contributed by atoms with Gasteiger partial charge in [0.05, 0.1) is 23.4 Å². The highest BCUT2D eigenvalue weighted by molar-refractivity contribution is 9.10. The third-order valence-corrected chi connectivity index (χ3v) is 7.33. The predicted octanol–water partition coefficient (Wildman–Crippen LogP) is 6.86. The number of ether oxygens (including phenoxy) is 1. The molecule has 0 atom stereocenters. The van der Waals surface area contributed by atoms with Gasteiger partial charge in [-0.25, -0.2) is 4.79 Å². The Morgan fingerprint density at radius 1 is 0.944 bits per heavy atom. The number of benzene rings is 1. The first-order valence-electron chi connectivity index (χ1n) is 13.0. The molecular formula is C29H37BrN2O4. The van der Waals surface area contributed by atoms with Crippen LogP contribution in [-0.2, 0) is 6.42 Å². The van der Waals surface area contributed by atoms with E-state index in [1.165, 1.54) is 31.7 Å². The van der Waals surface area contributed by atoms with E-state index in [2.05, 4.69) is 34.7 Å². The van der Waals surface area contributed by atoms with Crippen molar-refractivity contribution in [3.05, 3.63) is 69.5 Å². The van der Waals surface area contributed by atoms with Crippen molar-refractivity contribution in [3.8, 4) is 5.75 Å². The molecule has 2 heterocycles. The summed E-state index contributed by atoms with van der Waals surface area (Å²) in [5.41, 5.74) is 2.82. The van der Waals surface area contributed by atoms with Crippen molar-refractivity contribution in [2.75, 3.05) is 26.2 Å². The summed E-state index contributed by atoms with van der Waals surface area (Å²) in [4.78, 5) is 27.4. The quantitative estimate of drug-likeness (QED) is 0.163. The molecule has 0 amide bonds. The Morgan fingerprint density at radius 3 is 2.17 bits per heavy atom. The van der Waals surface area contributed by atoms with Crippen molar-refractivity contribution in [1.82, 2.24) is 9.30 Å². The van der Waals surface area contributed by atoms with Crippen LogP contribution in [0.2, 0.25) is 0 Å². The van der Waals surface area contributed by atoms with Crippen molar-refractivity contribution in [3.63, 3.8) is 0 Å². The summed E-state index contributed by atoms with van der Waals surface area (Å²) in [6, 6.07) is 10.4. The summed E-state index contributed by atoms with van der Waals surface area (Å²) in [6.45, 7) is 10.4. The minimum Gasteiger partial charge on any atom is -0.494 e. The van der Waals surface area contributed by atoms with E-state index in [1.54, 1.807) is 28.8 Å². The number of hydrogen-bond acceptors (Lipinski definition) is 4. The number of aromatic carboxylic acids is 1. The highest BCUT2D eigenvalue weighted by Crippen LogP contribution is 2.32. The van der Waals surface area contributed by atoms with E-state index in [-0.39, 0.29) is 11.3 Å². The molecule has 1 aromatic carbocycles. The number of ketones is 1. The number of fused-ring (bicyclic) bond motifs is 1. The summed E-state index contributed by atoms with van der Waals surface area (Å²) in [6.07, 6.45) is 8.14.